The second kappa shape index (κ2) is 4.09. The van der Waals surface area contributed by atoms with Crippen LogP contribution in [0.4, 0.5) is 0 Å². The largest absolute Gasteiger partial charge is 0.394 e. The van der Waals surface area contributed by atoms with Crippen LogP contribution < -0.4 is 0 Å². The first kappa shape index (κ1) is 11.8. The van der Waals surface area contributed by atoms with Crippen molar-refractivity contribution in [3.8, 4) is 0 Å². The van der Waals surface area contributed by atoms with Crippen LogP contribution in [-0.4, -0.2) is 62.3 Å². The van der Waals surface area contributed by atoms with Crippen LogP contribution in [0.3, 0.4) is 0 Å². The Hall–Kier alpha value is -0.240. The molecule has 6 heteroatoms. The van der Waals surface area contributed by atoms with E-state index in [2.05, 4.69) is 0 Å². The van der Waals surface area contributed by atoms with Gasteiger partial charge in [-0.05, 0) is 0 Å². The van der Waals surface area contributed by atoms with E-state index in [0.29, 0.717) is 0 Å². The minimum Gasteiger partial charge on any atom is -0.394 e. The Kier molecular flexibility index (Phi) is 3.46. The number of aliphatic hydroxyl groups is 5. The molecule has 5 atom stereocenters. The fourth-order valence-corrected chi connectivity index (χ4v) is 1.51. The molecule has 5 N–H and O–H groups in total. The van der Waals surface area contributed by atoms with Gasteiger partial charge in [-0.25, -0.2) is 0 Å². The van der Waals surface area contributed by atoms with E-state index in [-0.39, 0.29) is 6.42 Å². The quantitative estimate of drug-likeness (QED) is 0.345. The van der Waals surface area contributed by atoms with Crippen molar-refractivity contribution < 1.29 is 30.3 Å². The van der Waals surface area contributed by atoms with E-state index in [0.717, 1.165) is 0 Å². The third-order valence-corrected chi connectivity index (χ3v) is 2.56. The van der Waals surface area contributed by atoms with Crippen molar-refractivity contribution in [1.29, 1.82) is 0 Å². The molecule has 0 bridgehead atoms. The van der Waals surface area contributed by atoms with Gasteiger partial charge in [-0.1, -0.05) is 6.92 Å². The SMILES string of the molecule is CC[C@]1(O)O[C@H](CO)[C@H](O)[C@H](O)[C@@H]1O. The number of hydrogen-bond donors (Lipinski definition) is 5. The Labute approximate surface area is 81.4 Å². The monoisotopic (exact) mass is 208 g/mol. The molecule has 0 saturated carbocycles. The molecule has 0 unspecified atom stereocenters. The lowest BCUT2D eigenvalue weighted by atomic mass is 9.91. The highest BCUT2D eigenvalue weighted by Gasteiger charge is 2.51. The minimum atomic E-state index is -1.91. The number of aliphatic hydroxyl groups excluding tert-OH is 4. The summed E-state index contributed by atoms with van der Waals surface area (Å²) >= 11 is 0. The van der Waals surface area contributed by atoms with Crippen molar-refractivity contribution in [2.24, 2.45) is 0 Å². The molecule has 0 aromatic carbocycles. The summed E-state index contributed by atoms with van der Waals surface area (Å²) in [7, 11) is 0. The average molecular weight is 208 g/mol. The number of ether oxygens (including phenoxy) is 1. The van der Waals surface area contributed by atoms with Crippen molar-refractivity contribution in [1.82, 2.24) is 0 Å². The fraction of sp³-hybridized carbons (Fsp3) is 1.00. The molecule has 1 rings (SSSR count). The van der Waals surface area contributed by atoms with Crippen molar-refractivity contribution in [3.63, 3.8) is 0 Å². The van der Waals surface area contributed by atoms with Gasteiger partial charge in [0.1, 0.15) is 24.4 Å². The van der Waals surface area contributed by atoms with Crippen molar-refractivity contribution in [2.45, 2.75) is 43.5 Å². The second-order valence-corrected chi connectivity index (χ2v) is 3.46. The summed E-state index contributed by atoms with van der Waals surface area (Å²) in [6, 6.07) is 0. The summed E-state index contributed by atoms with van der Waals surface area (Å²) in [5.41, 5.74) is 0. The summed E-state index contributed by atoms with van der Waals surface area (Å²) < 4.78 is 4.91. The zero-order chi connectivity index (χ0) is 10.9. The highest BCUT2D eigenvalue weighted by molar-refractivity contribution is 4.95. The van der Waals surface area contributed by atoms with Gasteiger partial charge in [0.2, 0.25) is 0 Å². The summed E-state index contributed by atoms with van der Waals surface area (Å²) in [5.74, 6) is -1.91. The van der Waals surface area contributed by atoms with Gasteiger partial charge in [0, 0.05) is 6.42 Å². The van der Waals surface area contributed by atoms with Crippen LogP contribution >= 0.6 is 0 Å². The second-order valence-electron chi connectivity index (χ2n) is 3.46. The van der Waals surface area contributed by atoms with Gasteiger partial charge >= 0.3 is 0 Å². The van der Waals surface area contributed by atoms with Gasteiger partial charge < -0.3 is 30.3 Å². The maximum Gasteiger partial charge on any atom is 0.194 e. The molecule has 0 amide bonds. The smallest absolute Gasteiger partial charge is 0.194 e. The Morgan fingerprint density at radius 1 is 1.21 bits per heavy atom. The predicted molar refractivity (Wildman–Crippen MR) is 45.2 cm³/mol. The van der Waals surface area contributed by atoms with E-state index >= 15 is 0 Å². The van der Waals surface area contributed by atoms with Crippen LogP contribution in [0.1, 0.15) is 13.3 Å². The maximum absolute atomic E-state index is 9.68. The predicted octanol–water partition coefficient (Wildman–Crippen LogP) is -2.44. The topological polar surface area (TPSA) is 110 Å². The van der Waals surface area contributed by atoms with E-state index in [1.165, 1.54) is 0 Å². The van der Waals surface area contributed by atoms with Crippen LogP contribution in [0, 0.1) is 0 Å². The minimum absolute atomic E-state index is 0.0500. The maximum atomic E-state index is 9.68. The van der Waals surface area contributed by atoms with Crippen LogP contribution in [0.5, 0.6) is 0 Å². The van der Waals surface area contributed by atoms with Crippen molar-refractivity contribution in [3.05, 3.63) is 0 Å². The molecule has 1 aliphatic heterocycles. The average Bonchev–Trinajstić information content (AvgIpc) is 2.20. The van der Waals surface area contributed by atoms with E-state index in [1.807, 2.05) is 0 Å². The van der Waals surface area contributed by atoms with Crippen LogP contribution in [0.15, 0.2) is 0 Å². The van der Waals surface area contributed by atoms with Gasteiger partial charge in [-0.15, -0.1) is 0 Å². The Balaban J connectivity index is 2.84. The molecule has 6 nitrogen and oxygen atoms in total. The first-order valence-electron chi connectivity index (χ1n) is 4.51. The molecule has 1 heterocycles. The summed E-state index contributed by atoms with van der Waals surface area (Å²) in [6.07, 6.45) is -5.54. The molecule has 1 fully saturated rings. The molecule has 0 aromatic rings. The molecular formula is C8H16O6. The van der Waals surface area contributed by atoms with Gasteiger partial charge in [0.15, 0.2) is 5.79 Å². The zero-order valence-electron chi connectivity index (χ0n) is 7.87. The third-order valence-electron chi connectivity index (χ3n) is 2.56. The Morgan fingerprint density at radius 3 is 2.21 bits per heavy atom. The van der Waals surface area contributed by atoms with Crippen LogP contribution in [0.2, 0.25) is 0 Å². The molecule has 1 saturated heterocycles. The lowest BCUT2D eigenvalue weighted by Crippen LogP contribution is -2.64. The Morgan fingerprint density at radius 2 is 1.79 bits per heavy atom. The van der Waals surface area contributed by atoms with Gasteiger partial charge in [0.05, 0.1) is 6.61 Å². The third kappa shape index (κ3) is 1.77. The normalized spacial score (nSPS) is 49.3. The standard InChI is InChI=1S/C8H16O6/c1-2-8(13)7(12)6(11)5(10)4(3-9)14-8/h4-7,9-13H,2-3H2,1H3/t4-,5+,6+,7+,8+/m1/s1. The van der Waals surface area contributed by atoms with E-state index in [1.54, 1.807) is 6.92 Å². The first-order chi connectivity index (χ1) is 6.46. The first-order valence-corrected chi connectivity index (χ1v) is 4.51. The summed E-state index contributed by atoms with van der Waals surface area (Å²) in [4.78, 5) is 0. The van der Waals surface area contributed by atoms with Crippen LogP contribution in [-0.2, 0) is 4.74 Å². The highest BCUT2D eigenvalue weighted by atomic mass is 16.7. The van der Waals surface area contributed by atoms with Gasteiger partial charge in [-0.3, -0.25) is 0 Å². The van der Waals surface area contributed by atoms with E-state index in [9.17, 15) is 20.4 Å². The van der Waals surface area contributed by atoms with Crippen molar-refractivity contribution in [2.75, 3.05) is 6.61 Å². The van der Waals surface area contributed by atoms with Gasteiger partial charge in [-0.2, -0.15) is 0 Å². The highest BCUT2D eigenvalue weighted by Crippen LogP contribution is 2.30. The number of rotatable bonds is 2. The lowest BCUT2D eigenvalue weighted by molar-refractivity contribution is -0.349. The summed E-state index contributed by atoms with van der Waals surface area (Å²) in [6.45, 7) is 1.02. The van der Waals surface area contributed by atoms with E-state index < -0.39 is 36.8 Å². The molecule has 14 heavy (non-hydrogen) atoms. The molecule has 0 aromatic heterocycles. The molecule has 1 aliphatic rings. The fourth-order valence-electron chi connectivity index (χ4n) is 1.51. The molecule has 84 valence electrons. The molecule has 0 aliphatic carbocycles. The molecular weight excluding hydrogens is 192 g/mol. The Bertz CT molecular complexity index is 196. The lowest BCUT2D eigenvalue weighted by Gasteiger charge is -2.45. The van der Waals surface area contributed by atoms with Crippen LogP contribution in [0.25, 0.3) is 0 Å². The zero-order valence-corrected chi connectivity index (χ0v) is 7.87. The van der Waals surface area contributed by atoms with Gasteiger partial charge in [0.25, 0.3) is 0 Å². The summed E-state index contributed by atoms with van der Waals surface area (Å²) in [5, 5.41) is 46.6. The van der Waals surface area contributed by atoms with E-state index in [4.69, 9.17) is 9.84 Å². The molecule has 0 radical (unpaired) electrons. The number of hydrogen-bond acceptors (Lipinski definition) is 6. The molecule has 0 spiro atoms. The van der Waals surface area contributed by atoms with Crippen molar-refractivity contribution >= 4 is 0 Å².